The van der Waals surface area contributed by atoms with Gasteiger partial charge in [0.05, 0.1) is 0 Å². The molecule has 0 aromatic heterocycles. The summed E-state index contributed by atoms with van der Waals surface area (Å²) < 4.78 is 1.11. The second-order valence-corrected chi connectivity index (χ2v) is 5.35. The third kappa shape index (κ3) is 2.96. The standard InChI is InChI=1S/C10H13.ClH.Mg/c1-8(2)10-6-4-9(3)5-7-10;;/h4-8H,3H2,1-2H3;1H;/q;;+1/p-1. The molecule has 0 heterocycles. The summed E-state index contributed by atoms with van der Waals surface area (Å²) in [7, 11) is 5.78. The molecule has 0 nitrogen and oxygen atoms in total. The molecular weight excluding hydrogens is 180 g/mol. The number of hydrogen-bond donors (Lipinski definition) is 0. The van der Waals surface area contributed by atoms with Gasteiger partial charge in [0.1, 0.15) is 0 Å². The first-order chi connectivity index (χ1) is 5.74. The van der Waals surface area contributed by atoms with Crippen LogP contribution in [0, 0.1) is 0 Å². The zero-order valence-corrected chi connectivity index (χ0v) is 9.85. The van der Waals surface area contributed by atoms with Crippen LogP contribution < -0.4 is 0 Å². The largest absolute Gasteiger partial charge is 0.505 e. The van der Waals surface area contributed by atoms with E-state index in [-0.39, 0.29) is 19.3 Å². The first-order valence-electron chi connectivity index (χ1n) is 4.39. The molecule has 2 heteroatoms. The van der Waals surface area contributed by atoms with Crippen molar-refractivity contribution in [1.29, 1.82) is 0 Å². The summed E-state index contributed by atoms with van der Waals surface area (Å²) in [4.78, 5) is 0. The molecule has 1 rings (SSSR count). The highest BCUT2D eigenvalue weighted by molar-refractivity contribution is 6.93. The van der Waals surface area contributed by atoms with Gasteiger partial charge in [-0.25, -0.2) is 0 Å². The van der Waals surface area contributed by atoms with Gasteiger partial charge in [0.2, 0.25) is 0 Å². The van der Waals surface area contributed by atoms with Crippen LogP contribution in [0.4, 0.5) is 0 Å². The monoisotopic (exact) mass is 192 g/mol. The van der Waals surface area contributed by atoms with E-state index in [9.17, 15) is 0 Å². The molecule has 0 unspecified atom stereocenters. The Balaban J connectivity index is 2.71. The number of benzene rings is 1. The van der Waals surface area contributed by atoms with E-state index in [4.69, 9.17) is 9.07 Å². The van der Waals surface area contributed by atoms with Gasteiger partial charge in [0.15, 0.2) is 0 Å². The summed E-state index contributed by atoms with van der Waals surface area (Å²) >= 11 is -0.344. The minimum atomic E-state index is -0.344. The maximum absolute atomic E-state index is 5.78. The van der Waals surface area contributed by atoms with E-state index in [1.807, 2.05) is 0 Å². The molecule has 1 aromatic carbocycles. The van der Waals surface area contributed by atoms with Crippen molar-refractivity contribution in [3.8, 4) is 0 Å². The molecule has 0 aliphatic heterocycles. The van der Waals surface area contributed by atoms with E-state index in [2.05, 4.69) is 38.1 Å². The van der Waals surface area contributed by atoms with E-state index in [1.54, 1.807) is 0 Å². The lowest BCUT2D eigenvalue weighted by Gasteiger charge is -2.05. The Bertz CT molecular complexity index is 228. The quantitative estimate of drug-likeness (QED) is 0.646. The van der Waals surface area contributed by atoms with Crippen LogP contribution in [0.25, 0.3) is 0 Å². The lowest BCUT2D eigenvalue weighted by molar-refractivity contribution is 0.866. The summed E-state index contributed by atoms with van der Waals surface area (Å²) in [6, 6.07) is 8.82. The van der Waals surface area contributed by atoms with E-state index in [1.165, 1.54) is 11.1 Å². The van der Waals surface area contributed by atoms with Gasteiger partial charge in [-0.2, -0.15) is 0 Å². The summed E-state index contributed by atoms with van der Waals surface area (Å²) in [6.45, 7) is 4.43. The molecule has 0 saturated carbocycles. The lowest BCUT2D eigenvalue weighted by atomic mass is 10.0. The summed E-state index contributed by atoms with van der Waals surface area (Å²) in [6.07, 6.45) is 0. The third-order valence-corrected chi connectivity index (χ3v) is 3.36. The van der Waals surface area contributed by atoms with E-state index in [0.717, 1.165) is 4.55 Å². The third-order valence-electron chi connectivity index (χ3n) is 2.03. The molecule has 0 aliphatic rings. The second-order valence-electron chi connectivity index (χ2n) is 3.34. The molecule has 0 radical (unpaired) electrons. The van der Waals surface area contributed by atoms with Gasteiger partial charge in [-0.1, -0.05) is 48.2 Å². The number of rotatable bonds is 3. The molecule has 62 valence electrons. The van der Waals surface area contributed by atoms with Crippen LogP contribution in [-0.4, -0.2) is 19.3 Å². The van der Waals surface area contributed by atoms with Crippen LogP contribution in [0.3, 0.4) is 0 Å². The van der Waals surface area contributed by atoms with Gasteiger partial charge in [-0.05, 0) is 11.5 Å². The van der Waals surface area contributed by atoms with Crippen molar-refractivity contribution in [3.63, 3.8) is 0 Å². The average molecular weight is 193 g/mol. The second kappa shape index (κ2) is 5.10. The number of halogens is 1. The molecule has 12 heavy (non-hydrogen) atoms. The maximum Gasteiger partial charge on any atom is 0.505 e. The molecule has 0 amide bonds. The van der Waals surface area contributed by atoms with Gasteiger partial charge in [-0.15, -0.1) is 0 Å². The topological polar surface area (TPSA) is 0 Å². The molecular formula is C10H13ClMg. The fourth-order valence-corrected chi connectivity index (χ4v) is 2.38. The summed E-state index contributed by atoms with van der Waals surface area (Å²) in [5, 5.41) is 0. The van der Waals surface area contributed by atoms with Crippen LogP contribution in [0.2, 0.25) is 0 Å². The van der Waals surface area contributed by atoms with Crippen molar-refractivity contribution < 1.29 is 0 Å². The van der Waals surface area contributed by atoms with E-state index < -0.39 is 0 Å². The first kappa shape index (κ1) is 10.4. The molecule has 0 saturated heterocycles. The van der Waals surface area contributed by atoms with Crippen LogP contribution in [0.15, 0.2) is 24.3 Å². The summed E-state index contributed by atoms with van der Waals surface area (Å²) in [5.41, 5.74) is 2.80. The molecule has 0 bridgehead atoms. The molecule has 0 spiro atoms. The Morgan fingerprint density at radius 2 is 1.83 bits per heavy atom. The highest BCUT2D eigenvalue weighted by Crippen LogP contribution is 2.14. The molecule has 0 aliphatic carbocycles. The molecule has 0 atom stereocenters. The van der Waals surface area contributed by atoms with Crippen molar-refractivity contribution in [1.82, 2.24) is 0 Å². The van der Waals surface area contributed by atoms with Crippen LogP contribution in [0.5, 0.6) is 0 Å². The highest BCUT2D eigenvalue weighted by Gasteiger charge is 1.99. The van der Waals surface area contributed by atoms with Crippen LogP contribution in [-0.2, 0) is 4.55 Å². The highest BCUT2D eigenvalue weighted by atomic mass is 35.5. The predicted octanol–water partition coefficient (Wildman–Crippen LogP) is 3.17. The van der Waals surface area contributed by atoms with Crippen LogP contribution in [0.1, 0.15) is 30.9 Å². The van der Waals surface area contributed by atoms with Gasteiger partial charge in [0.25, 0.3) is 0 Å². The minimum Gasteiger partial charge on any atom is -0.345 e. The lowest BCUT2D eigenvalue weighted by Crippen LogP contribution is -1.91. The molecule has 1 aromatic rings. The van der Waals surface area contributed by atoms with Gasteiger partial charge < -0.3 is 9.07 Å². The maximum atomic E-state index is 5.78. The van der Waals surface area contributed by atoms with Crippen molar-refractivity contribution in [2.45, 2.75) is 24.3 Å². The zero-order chi connectivity index (χ0) is 8.97. The van der Waals surface area contributed by atoms with Crippen LogP contribution >= 0.6 is 9.07 Å². The Morgan fingerprint density at radius 3 is 2.25 bits per heavy atom. The molecule has 0 fully saturated rings. The number of hydrogen-bond acceptors (Lipinski definition) is 0. The Morgan fingerprint density at radius 1 is 1.25 bits per heavy atom. The van der Waals surface area contributed by atoms with Gasteiger partial charge in [0, 0.05) is 0 Å². The Kier molecular flexibility index (Phi) is 4.40. The normalized spacial score (nSPS) is 10.0. The fourth-order valence-electron chi connectivity index (χ4n) is 1.18. The summed E-state index contributed by atoms with van der Waals surface area (Å²) in [5.74, 6) is 0.632. The zero-order valence-electron chi connectivity index (χ0n) is 7.68. The van der Waals surface area contributed by atoms with Crippen molar-refractivity contribution in [2.75, 3.05) is 0 Å². The molecule has 0 N–H and O–H groups in total. The first-order valence-corrected chi connectivity index (χ1v) is 7.52. The van der Waals surface area contributed by atoms with Crippen molar-refractivity contribution in [3.05, 3.63) is 35.4 Å². The fraction of sp³-hybridized carbons (Fsp3) is 0.400. The Hall–Kier alpha value is 0.276. The van der Waals surface area contributed by atoms with Crippen molar-refractivity contribution in [2.24, 2.45) is 0 Å². The van der Waals surface area contributed by atoms with Crippen molar-refractivity contribution >= 4 is 28.3 Å². The average Bonchev–Trinajstić information content (AvgIpc) is 2.06. The minimum absolute atomic E-state index is 0.344. The SMILES string of the molecule is CC(C)c1ccc([CH2][Mg][Cl])cc1. The van der Waals surface area contributed by atoms with E-state index >= 15 is 0 Å². The predicted molar refractivity (Wildman–Crippen MR) is 55.8 cm³/mol. The van der Waals surface area contributed by atoms with Gasteiger partial charge in [-0.3, -0.25) is 0 Å². The Labute approximate surface area is 87.8 Å². The smallest absolute Gasteiger partial charge is 0.345 e. The van der Waals surface area contributed by atoms with Gasteiger partial charge >= 0.3 is 19.3 Å². The van der Waals surface area contributed by atoms with E-state index in [0.29, 0.717) is 5.92 Å².